The van der Waals surface area contributed by atoms with Crippen LogP contribution in [-0.4, -0.2) is 37.0 Å². The Morgan fingerprint density at radius 1 is 1.11 bits per heavy atom. The molecule has 0 unspecified atom stereocenters. The highest BCUT2D eigenvalue weighted by Crippen LogP contribution is 2.28. The minimum atomic E-state index is -0.142. The number of likely N-dealkylation sites (tertiary alicyclic amines) is 1. The normalized spacial score (nSPS) is 13.5. The van der Waals surface area contributed by atoms with Crippen LogP contribution in [0.2, 0.25) is 0 Å². The van der Waals surface area contributed by atoms with E-state index in [-0.39, 0.29) is 11.8 Å². The van der Waals surface area contributed by atoms with E-state index in [0.717, 1.165) is 24.1 Å². The monoisotopic (exact) mass is 382 g/mol. The van der Waals surface area contributed by atoms with Crippen LogP contribution >= 0.6 is 0 Å². The Morgan fingerprint density at radius 3 is 2.50 bits per heavy atom. The van der Waals surface area contributed by atoms with Crippen LogP contribution in [0.5, 0.6) is 11.5 Å². The highest BCUT2D eigenvalue weighted by Gasteiger charge is 2.20. The summed E-state index contributed by atoms with van der Waals surface area (Å²) in [5.74, 6) is 1.39. The molecule has 2 aromatic rings. The van der Waals surface area contributed by atoms with Gasteiger partial charge < -0.3 is 19.7 Å². The molecule has 148 valence electrons. The first-order valence-electron chi connectivity index (χ1n) is 9.55. The van der Waals surface area contributed by atoms with E-state index in [9.17, 15) is 9.59 Å². The Morgan fingerprint density at radius 2 is 1.86 bits per heavy atom. The van der Waals surface area contributed by atoms with Crippen LogP contribution in [0, 0.1) is 0 Å². The van der Waals surface area contributed by atoms with Gasteiger partial charge in [0.25, 0.3) is 5.91 Å². The van der Waals surface area contributed by atoms with Gasteiger partial charge in [0, 0.05) is 31.6 Å². The minimum Gasteiger partial charge on any atom is -0.493 e. The molecule has 1 aliphatic heterocycles. The average Bonchev–Trinajstić information content (AvgIpc) is 3.12. The molecule has 2 aromatic carbocycles. The molecule has 0 bridgehead atoms. The molecule has 0 saturated carbocycles. The van der Waals surface area contributed by atoms with Crippen molar-refractivity contribution in [1.29, 1.82) is 0 Å². The summed E-state index contributed by atoms with van der Waals surface area (Å²) in [5.41, 5.74) is 2.55. The summed E-state index contributed by atoms with van der Waals surface area (Å²) in [6.07, 6.45) is 1.56. The Hall–Kier alpha value is -3.02. The van der Waals surface area contributed by atoms with E-state index in [1.54, 1.807) is 19.2 Å². The van der Waals surface area contributed by atoms with Gasteiger partial charge in [-0.3, -0.25) is 9.59 Å². The van der Waals surface area contributed by atoms with E-state index in [4.69, 9.17) is 9.47 Å². The standard InChI is InChI=1S/C22H26N2O4/c1-3-28-19-11-8-17(13-20(19)27-2)14-23-22(26)18-9-6-16(7-10-18)15-24-12-4-5-21(24)25/h6-11,13H,3-5,12,14-15H2,1-2H3,(H,23,26). The summed E-state index contributed by atoms with van der Waals surface area (Å²) in [5, 5.41) is 2.92. The molecule has 0 aromatic heterocycles. The molecule has 0 spiro atoms. The van der Waals surface area contributed by atoms with Crippen LogP contribution in [0.15, 0.2) is 42.5 Å². The lowest BCUT2D eigenvalue weighted by molar-refractivity contribution is -0.128. The van der Waals surface area contributed by atoms with Gasteiger partial charge in [0.2, 0.25) is 5.91 Å². The fourth-order valence-electron chi connectivity index (χ4n) is 3.23. The Kier molecular flexibility index (Phi) is 6.53. The first-order valence-corrected chi connectivity index (χ1v) is 9.55. The van der Waals surface area contributed by atoms with E-state index in [0.29, 0.717) is 43.2 Å². The van der Waals surface area contributed by atoms with Gasteiger partial charge in [-0.1, -0.05) is 18.2 Å². The lowest BCUT2D eigenvalue weighted by Crippen LogP contribution is -2.24. The van der Waals surface area contributed by atoms with Crippen LogP contribution in [-0.2, 0) is 17.9 Å². The number of hydrogen-bond acceptors (Lipinski definition) is 4. The average molecular weight is 382 g/mol. The smallest absolute Gasteiger partial charge is 0.251 e. The largest absolute Gasteiger partial charge is 0.493 e. The molecular weight excluding hydrogens is 356 g/mol. The van der Waals surface area contributed by atoms with Gasteiger partial charge in [-0.25, -0.2) is 0 Å². The molecule has 0 atom stereocenters. The molecule has 1 N–H and O–H groups in total. The van der Waals surface area contributed by atoms with Gasteiger partial charge in [0.05, 0.1) is 13.7 Å². The summed E-state index contributed by atoms with van der Waals surface area (Å²) in [7, 11) is 1.59. The zero-order chi connectivity index (χ0) is 19.9. The molecule has 1 saturated heterocycles. The van der Waals surface area contributed by atoms with Gasteiger partial charge >= 0.3 is 0 Å². The molecule has 1 aliphatic rings. The fourth-order valence-corrected chi connectivity index (χ4v) is 3.23. The number of rotatable bonds is 8. The minimum absolute atomic E-state index is 0.142. The molecule has 2 amide bonds. The third-order valence-corrected chi connectivity index (χ3v) is 4.74. The van der Waals surface area contributed by atoms with Crippen molar-refractivity contribution in [1.82, 2.24) is 10.2 Å². The van der Waals surface area contributed by atoms with E-state index in [2.05, 4.69) is 5.32 Å². The van der Waals surface area contributed by atoms with E-state index in [1.807, 2.05) is 42.2 Å². The number of carbonyl (C=O) groups excluding carboxylic acids is 2. The second kappa shape index (κ2) is 9.26. The summed E-state index contributed by atoms with van der Waals surface area (Å²) in [6, 6.07) is 13.0. The quantitative estimate of drug-likeness (QED) is 0.762. The van der Waals surface area contributed by atoms with Crippen molar-refractivity contribution in [3.05, 3.63) is 59.2 Å². The summed E-state index contributed by atoms with van der Waals surface area (Å²) >= 11 is 0. The first-order chi connectivity index (χ1) is 13.6. The Balaban J connectivity index is 1.56. The van der Waals surface area contributed by atoms with Gasteiger partial charge in [-0.15, -0.1) is 0 Å². The van der Waals surface area contributed by atoms with Gasteiger partial charge in [0.1, 0.15) is 0 Å². The van der Waals surface area contributed by atoms with E-state index in [1.165, 1.54) is 0 Å². The van der Waals surface area contributed by atoms with Crippen molar-refractivity contribution in [2.45, 2.75) is 32.9 Å². The van der Waals surface area contributed by atoms with E-state index >= 15 is 0 Å². The fraction of sp³-hybridized carbons (Fsp3) is 0.364. The van der Waals surface area contributed by atoms with Gasteiger partial charge in [-0.05, 0) is 48.7 Å². The number of ether oxygens (including phenoxy) is 2. The molecular formula is C22H26N2O4. The van der Waals surface area contributed by atoms with Crippen molar-refractivity contribution < 1.29 is 19.1 Å². The Bertz CT molecular complexity index is 833. The predicted octanol–water partition coefficient (Wildman–Crippen LogP) is 3.15. The number of hydrogen-bond donors (Lipinski definition) is 1. The molecule has 28 heavy (non-hydrogen) atoms. The number of carbonyl (C=O) groups is 2. The lowest BCUT2D eigenvalue weighted by atomic mass is 10.1. The maximum atomic E-state index is 12.4. The molecule has 1 heterocycles. The molecule has 0 radical (unpaired) electrons. The topological polar surface area (TPSA) is 67.9 Å². The summed E-state index contributed by atoms with van der Waals surface area (Å²) in [4.78, 5) is 26.0. The molecule has 1 fully saturated rings. The zero-order valence-corrected chi connectivity index (χ0v) is 16.4. The van der Waals surface area contributed by atoms with Crippen molar-refractivity contribution in [2.75, 3.05) is 20.3 Å². The third kappa shape index (κ3) is 4.82. The molecule has 3 rings (SSSR count). The number of nitrogens with zero attached hydrogens (tertiary/aromatic N) is 1. The molecule has 6 nitrogen and oxygen atoms in total. The number of nitrogens with one attached hydrogen (secondary N) is 1. The van der Waals surface area contributed by atoms with Gasteiger partial charge in [-0.2, -0.15) is 0 Å². The number of amides is 2. The molecule has 6 heteroatoms. The third-order valence-electron chi connectivity index (χ3n) is 4.74. The molecule has 0 aliphatic carbocycles. The highest BCUT2D eigenvalue weighted by atomic mass is 16.5. The zero-order valence-electron chi connectivity index (χ0n) is 16.4. The van der Waals surface area contributed by atoms with Crippen molar-refractivity contribution in [2.24, 2.45) is 0 Å². The van der Waals surface area contributed by atoms with Crippen molar-refractivity contribution in [3.63, 3.8) is 0 Å². The van der Waals surface area contributed by atoms with Crippen LogP contribution in [0.3, 0.4) is 0 Å². The maximum absolute atomic E-state index is 12.4. The number of benzene rings is 2. The summed E-state index contributed by atoms with van der Waals surface area (Å²) < 4.78 is 10.8. The maximum Gasteiger partial charge on any atom is 0.251 e. The first kappa shape index (κ1) is 19.7. The van der Waals surface area contributed by atoms with Gasteiger partial charge in [0.15, 0.2) is 11.5 Å². The highest BCUT2D eigenvalue weighted by molar-refractivity contribution is 5.94. The number of methoxy groups -OCH3 is 1. The van der Waals surface area contributed by atoms with Crippen LogP contribution in [0.4, 0.5) is 0 Å². The van der Waals surface area contributed by atoms with Crippen LogP contribution in [0.25, 0.3) is 0 Å². The van der Waals surface area contributed by atoms with Crippen molar-refractivity contribution in [3.8, 4) is 11.5 Å². The summed E-state index contributed by atoms with van der Waals surface area (Å²) in [6.45, 7) is 4.29. The second-order valence-electron chi connectivity index (χ2n) is 6.72. The van der Waals surface area contributed by atoms with Crippen LogP contribution in [0.1, 0.15) is 41.3 Å². The second-order valence-corrected chi connectivity index (χ2v) is 6.72. The predicted molar refractivity (Wildman–Crippen MR) is 106 cm³/mol. The lowest BCUT2D eigenvalue weighted by Gasteiger charge is -2.15. The Labute approximate surface area is 165 Å². The van der Waals surface area contributed by atoms with Crippen molar-refractivity contribution >= 4 is 11.8 Å². The SMILES string of the molecule is CCOc1ccc(CNC(=O)c2ccc(CN3CCCC3=O)cc2)cc1OC. The van der Waals surface area contributed by atoms with E-state index < -0.39 is 0 Å². The van der Waals surface area contributed by atoms with Crippen LogP contribution < -0.4 is 14.8 Å².